The van der Waals surface area contributed by atoms with Gasteiger partial charge < -0.3 is 15.7 Å². The summed E-state index contributed by atoms with van der Waals surface area (Å²) < 4.78 is 0. The molecule has 3 atom stereocenters. The lowest BCUT2D eigenvalue weighted by atomic mass is 10.1. The fraction of sp³-hybridized carbons (Fsp3) is 0.467. The van der Waals surface area contributed by atoms with Gasteiger partial charge in [0, 0.05) is 16.6 Å². The second-order valence-corrected chi connectivity index (χ2v) is 5.71. The summed E-state index contributed by atoms with van der Waals surface area (Å²) >= 11 is 5.99. The number of nitrogens with one attached hydrogen (secondary N) is 2. The van der Waals surface area contributed by atoms with E-state index in [0.717, 1.165) is 19.3 Å². The summed E-state index contributed by atoms with van der Waals surface area (Å²) in [6, 6.07) is 5.14. The van der Waals surface area contributed by atoms with Crippen LogP contribution in [-0.2, 0) is 4.79 Å². The Bertz CT molecular complexity index is 535. The molecule has 1 fully saturated rings. The first-order valence-corrected chi connectivity index (χ1v) is 7.45. The van der Waals surface area contributed by atoms with Crippen LogP contribution in [0.4, 0.5) is 4.79 Å². The fourth-order valence-electron chi connectivity index (χ4n) is 2.44. The molecule has 2 amide bonds. The molecule has 2 unspecified atom stereocenters. The highest BCUT2D eigenvalue weighted by atomic mass is 35.5. The molecule has 0 saturated heterocycles. The van der Waals surface area contributed by atoms with Gasteiger partial charge in [0.05, 0.1) is 0 Å². The van der Waals surface area contributed by atoms with E-state index in [1.807, 2.05) is 0 Å². The number of carboxylic acids is 1. The van der Waals surface area contributed by atoms with Gasteiger partial charge in [-0.1, -0.05) is 43.1 Å². The predicted molar refractivity (Wildman–Crippen MR) is 80.3 cm³/mol. The van der Waals surface area contributed by atoms with Crippen LogP contribution in [0.15, 0.2) is 24.3 Å². The maximum Gasteiger partial charge on any atom is 0.331 e. The first-order valence-electron chi connectivity index (χ1n) is 7.07. The molecule has 21 heavy (non-hydrogen) atoms. The summed E-state index contributed by atoms with van der Waals surface area (Å²) in [5.74, 6) is -0.622. The average molecular weight is 311 g/mol. The molecule has 2 rings (SSSR count). The number of halogens is 1. The maximum absolute atomic E-state index is 11.9. The summed E-state index contributed by atoms with van der Waals surface area (Å²) in [5, 5.41) is 14.9. The molecule has 1 aromatic carbocycles. The predicted octanol–water partition coefficient (Wildman–Crippen LogP) is 2.95. The van der Waals surface area contributed by atoms with Crippen LogP contribution >= 0.6 is 11.6 Å². The Kier molecular flexibility index (Phi) is 5.07. The molecule has 5 nitrogen and oxygen atoms in total. The summed E-state index contributed by atoms with van der Waals surface area (Å²) in [5.41, 5.74) is 0.378. The summed E-state index contributed by atoms with van der Waals surface area (Å²) in [4.78, 5) is 23.3. The van der Waals surface area contributed by atoms with Gasteiger partial charge in [-0.2, -0.15) is 0 Å². The topological polar surface area (TPSA) is 78.4 Å². The Balaban J connectivity index is 1.96. The minimum Gasteiger partial charge on any atom is -0.479 e. The number of amides is 2. The number of carbonyl (C=O) groups is 2. The highest BCUT2D eigenvalue weighted by molar-refractivity contribution is 6.31. The monoisotopic (exact) mass is 310 g/mol. The van der Waals surface area contributed by atoms with E-state index in [0.29, 0.717) is 16.5 Å². The van der Waals surface area contributed by atoms with Gasteiger partial charge in [-0.25, -0.2) is 9.59 Å². The van der Waals surface area contributed by atoms with E-state index in [1.165, 1.54) is 0 Å². The molecule has 114 valence electrons. The zero-order valence-corrected chi connectivity index (χ0v) is 12.6. The van der Waals surface area contributed by atoms with E-state index in [2.05, 4.69) is 17.6 Å². The number of urea groups is 1. The lowest BCUT2D eigenvalue weighted by molar-refractivity contribution is -0.139. The third kappa shape index (κ3) is 4.11. The minimum absolute atomic E-state index is 0.158. The van der Waals surface area contributed by atoms with Crippen molar-refractivity contribution in [2.24, 2.45) is 5.92 Å². The van der Waals surface area contributed by atoms with Crippen LogP contribution in [0.25, 0.3) is 0 Å². The maximum atomic E-state index is 11.9. The minimum atomic E-state index is -1.15. The van der Waals surface area contributed by atoms with Crippen LogP contribution in [0.5, 0.6) is 0 Å². The van der Waals surface area contributed by atoms with Gasteiger partial charge in [0.2, 0.25) is 0 Å². The first kappa shape index (κ1) is 15.6. The smallest absolute Gasteiger partial charge is 0.331 e. The number of hydrogen-bond acceptors (Lipinski definition) is 2. The van der Waals surface area contributed by atoms with Crippen molar-refractivity contribution in [2.45, 2.75) is 38.3 Å². The highest BCUT2D eigenvalue weighted by Crippen LogP contribution is 2.34. The van der Waals surface area contributed by atoms with Gasteiger partial charge in [0.1, 0.15) is 0 Å². The molecule has 0 radical (unpaired) electrons. The molecule has 1 aliphatic carbocycles. The van der Waals surface area contributed by atoms with Crippen LogP contribution in [0.2, 0.25) is 5.02 Å². The van der Waals surface area contributed by atoms with Gasteiger partial charge >= 0.3 is 12.0 Å². The average Bonchev–Trinajstić information content (AvgIpc) is 3.15. The lowest BCUT2D eigenvalue weighted by Gasteiger charge is -2.16. The van der Waals surface area contributed by atoms with Gasteiger partial charge in [-0.15, -0.1) is 0 Å². The van der Waals surface area contributed by atoms with E-state index in [1.54, 1.807) is 24.3 Å². The van der Waals surface area contributed by atoms with Crippen LogP contribution in [-0.4, -0.2) is 23.1 Å². The van der Waals surface area contributed by atoms with E-state index < -0.39 is 18.0 Å². The van der Waals surface area contributed by atoms with E-state index in [-0.39, 0.29) is 6.04 Å². The number of rotatable bonds is 6. The number of carboxylic acid groups (broad SMARTS) is 1. The SMILES string of the molecule is CCCC1CC1NC(=O)N[C@@H](C(=O)O)c1ccccc1Cl. The molecule has 0 bridgehead atoms. The molecule has 0 aromatic heterocycles. The molecular weight excluding hydrogens is 292 g/mol. The molecule has 0 aliphatic heterocycles. The molecule has 3 N–H and O–H groups in total. The van der Waals surface area contributed by atoms with Crippen molar-refractivity contribution >= 4 is 23.6 Å². The van der Waals surface area contributed by atoms with Crippen LogP contribution in [0, 0.1) is 5.92 Å². The van der Waals surface area contributed by atoms with Crippen molar-refractivity contribution in [3.8, 4) is 0 Å². The molecule has 1 aromatic rings. The van der Waals surface area contributed by atoms with Crippen molar-refractivity contribution in [1.82, 2.24) is 10.6 Å². The van der Waals surface area contributed by atoms with Gasteiger partial charge in [0.15, 0.2) is 6.04 Å². The number of benzene rings is 1. The van der Waals surface area contributed by atoms with E-state index in [9.17, 15) is 14.7 Å². The van der Waals surface area contributed by atoms with Gasteiger partial charge in [-0.3, -0.25) is 0 Å². The second-order valence-electron chi connectivity index (χ2n) is 5.30. The molecular formula is C15H19ClN2O3. The zero-order valence-electron chi connectivity index (χ0n) is 11.8. The summed E-state index contributed by atoms with van der Waals surface area (Å²) in [6.45, 7) is 2.10. The molecule has 6 heteroatoms. The molecule has 0 spiro atoms. The van der Waals surface area contributed by atoms with Crippen molar-refractivity contribution in [2.75, 3.05) is 0 Å². The Hall–Kier alpha value is -1.75. The number of carbonyl (C=O) groups excluding carboxylic acids is 1. The fourth-order valence-corrected chi connectivity index (χ4v) is 2.68. The standard InChI is InChI=1S/C15H19ClN2O3/c1-2-5-9-8-12(9)17-15(21)18-13(14(19)20)10-6-3-4-7-11(10)16/h3-4,6-7,9,12-13H,2,5,8H2,1H3,(H,19,20)(H2,17,18,21)/t9?,12?,13-/m1/s1. The third-order valence-electron chi connectivity index (χ3n) is 3.64. The van der Waals surface area contributed by atoms with E-state index in [4.69, 9.17) is 11.6 Å². The molecule has 0 heterocycles. The Morgan fingerprint density at radius 3 is 2.76 bits per heavy atom. The first-order chi connectivity index (χ1) is 10.0. The second kappa shape index (κ2) is 6.80. The Labute approximate surface area is 128 Å². The highest BCUT2D eigenvalue weighted by Gasteiger charge is 2.37. The Morgan fingerprint density at radius 2 is 2.14 bits per heavy atom. The van der Waals surface area contributed by atoms with Crippen molar-refractivity contribution in [3.63, 3.8) is 0 Å². The third-order valence-corrected chi connectivity index (χ3v) is 3.98. The largest absolute Gasteiger partial charge is 0.479 e. The normalized spacial score (nSPS) is 21.4. The quantitative estimate of drug-likeness (QED) is 0.756. The van der Waals surface area contributed by atoms with Crippen LogP contribution in [0.3, 0.4) is 0 Å². The zero-order chi connectivity index (χ0) is 15.4. The van der Waals surface area contributed by atoms with Crippen LogP contribution < -0.4 is 10.6 Å². The lowest BCUT2D eigenvalue weighted by Crippen LogP contribution is -2.42. The van der Waals surface area contributed by atoms with Gasteiger partial charge in [0.25, 0.3) is 0 Å². The van der Waals surface area contributed by atoms with Crippen molar-refractivity contribution < 1.29 is 14.7 Å². The van der Waals surface area contributed by atoms with Crippen LogP contribution in [0.1, 0.15) is 37.8 Å². The van der Waals surface area contributed by atoms with Crippen molar-refractivity contribution in [1.29, 1.82) is 0 Å². The van der Waals surface area contributed by atoms with E-state index >= 15 is 0 Å². The molecule has 1 saturated carbocycles. The van der Waals surface area contributed by atoms with Gasteiger partial charge in [-0.05, 0) is 24.8 Å². The number of aliphatic carboxylic acids is 1. The molecule has 1 aliphatic rings. The summed E-state index contributed by atoms with van der Waals surface area (Å²) in [7, 11) is 0. The number of hydrogen-bond donors (Lipinski definition) is 3. The van der Waals surface area contributed by atoms with Crippen molar-refractivity contribution in [3.05, 3.63) is 34.9 Å². The Morgan fingerprint density at radius 1 is 1.43 bits per heavy atom. The summed E-state index contributed by atoms with van der Waals surface area (Å²) in [6.07, 6.45) is 3.13.